The van der Waals surface area contributed by atoms with Gasteiger partial charge >= 0.3 is 0 Å². The maximum Gasteiger partial charge on any atom is 0.239 e. The normalized spacial score (nSPS) is 16.2. The molecule has 1 atom stereocenters. The van der Waals surface area contributed by atoms with Crippen LogP contribution in [0, 0.1) is 0 Å². The van der Waals surface area contributed by atoms with Crippen LogP contribution in [-0.2, 0) is 11.2 Å². The number of nitrogens with two attached hydrogens (primary N) is 1. The van der Waals surface area contributed by atoms with Crippen LogP contribution in [0.5, 0.6) is 0 Å². The third-order valence-electron chi connectivity index (χ3n) is 4.09. The van der Waals surface area contributed by atoms with Crippen molar-refractivity contribution >= 4 is 11.7 Å². The maximum absolute atomic E-state index is 12.5. The van der Waals surface area contributed by atoms with Gasteiger partial charge in [-0.05, 0) is 24.1 Å². The van der Waals surface area contributed by atoms with Crippen LogP contribution in [-0.4, -0.2) is 53.2 Å². The number of hydrogen-bond acceptors (Lipinski definition) is 5. The lowest BCUT2D eigenvalue weighted by atomic mass is 10.1. The van der Waals surface area contributed by atoms with E-state index >= 15 is 0 Å². The van der Waals surface area contributed by atoms with Crippen molar-refractivity contribution in [1.29, 1.82) is 0 Å². The molecule has 1 aromatic carbocycles. The van der Waals surface area contributed by atoms with Gasteiger partial charge in [0.1, 0.15) is 0 Å². The Balaban J connectivity index is 1.54. The number of piperazine rings is 1. The molecule has 120 valence electrons. The first-order valence-electron chi connectivity index (χ1n) is 7.85. The lowest BCUT2D eigenvalue weighted by Crippen LogP contribution is -2.53. The molecule has 0 radical (unpaired) electrons. The number of benzene rings is 1. The SMILES string of the molecule is NC(Cc1ccccc1)C(=O)N1CCN(c2cccnn2)CC1. The van der Waals surface area contributed by atoms with E-state index < -0.39 is 6.04 Å². The highest BCUT2D eigenvalue weighted by Gasteiger charge is 2.25. The highest BCUT2D eigenvalue weighted by atomic mass is 16.2. The Morgan fingerprint density at radius 3 is 2.48 bits per heavy atom. The van der Waals surface area contributed by atoms with Crippen molar-refractivity contribution in [2.75, 3.05) is 31.1 Å². The molecule has 1 fully saturated rings. The van der Waals surface area contributed by atoms with Gasteiger partial charge < -0.3 is 15.5 Å². The molecule has 1 aromatic heterocycles. The first-order valence-corrected chi connectivity index (χ1v) is 7.85. The van der Waals surface area contributed by atoms with E-state index in [-0.39, 0.29) is 5.91 Å². The zero-order valence-corrected chi connectivity index (χ0v) is 13.0. The molecule has 23 heavy (non-hydrogen) atoms. The van der Waals surface area contributed by atoms with Crippen molar-refractivity contribution in [3.8, 4) is 0 Å². The van der Waals surface area contributed by atoms with Gasteiger partial charge in [0.25, 0.3) is 0 Å². The van der Waals surface area contributed by atoms with Gasteiger partial charge in [-0.2, -0.15) is 5.10 Å². The highest BCUT2D eigenvalue weighted by Crippen LogP contribution is 2.13. The predicted octanol–water partition coefficient (Wildman–Crippen LogP) is 0.695. The van der Waals surface area contributed by atoms with Crippen LogP contribution < -0.4 is 10.6 Å². The van der Waals surface area contributed by atoms with Crippen molar-refractivity contribution in [1.82, 2.24) is 15.1 Å². The zero-order chi connectivity index (χ0) is 16.1. The van der Waals surface area contributed by atoms with Gasteiger partial charge in [0.15, 0.2) is 5.82 Å². The summed E-state index contributed by atoms with van der Waals surface area (Å²) < 4.78 is 0. The fraction of sp³-hybridized carbons (Fsp3) is 0.353. The fourth-order valence-electron chi connectivity index (χ4n) is 2.81. The highest BCUT2D eigenvalue weighted by molar-refractivity contribution is 5.82. The summed E-state index contributed by atoms with van der Waals surface area (Å²) in [5, 5.41) is 8.01. The summed E-state index contributed by atoms with van der Waals surface area (Å²) in [6, 6.07) is 13.2. The van der Waals surface area contributed by atoms with Crippen LogP contribution in [0.2, 0.25) is 0 Å². The van der Waals surface area contributed by atoms with Crippen molar-refractivity contribution in [3.05, 3.63) is 54.2 Å². The number of rotatable bonds is 4. The molecule has 3 rings (SSSR count). The summed E-state index contributed by atoms with van der Waals surface area (Å²) in [4.78, 5) is 16.5. The summed E-state index contributed by atoms with van der Waals surface area (Å²) in [5.74, 6) is 0.876. The van der Waals surface area contributed by atoms with Gasteiger partial charge in [-0.15, -0.1) is 5.10 Å². The predicted molar refractivity (Wildman–Crippen MR) is 88.9 cm³/mol. The largest absolute Gasteiger partial charge is 0.352 e. The second-order valence-electron chi connectivity index (χ2n) is 5.69. The van der Waals surface area contributed by atoms with E-state index in [1.165, 1.54) is 0 Å². The molecule has 2 aromatic rings. The molecule has 2 heterocycles. The molecule has 1 unspecified atom stereocenters. The molecule has 0 aliphatic carbocycles. The molecular weight excluding hydrogens is 290 g/mol. The Labute approximate surface area is 135 Å². The minimum atomic E-state index is -0.486. The van der Waals surface area contributed by atoms with E-state index in [2.05, 4.69) is 15.1 Å². The molecule has 1 amide bonds. The lowest BCUT2D eigenvalue weighted by molar-refractivity contribution is -0.132. The molecule has 0 saturated carbocycles. The lowest BCUT2D eigenvalue weighted by Gasteiger charge is -2.36. The van der Waals surface area contributed by atoms with Gasteiger partial charge in [0, 0.05) is 32.4 Å². The summed E-state index contributed by atoms with van der Waals surface area (Å²) in [7, 11) is 0. The van der Waals surface area contributed by atoms with E-state index in [0.717, 1.165) is 24.5 Å². The number of aromatic nitrogens is 2. The van der Waals surface area contributed by atoms with E-state index in [1.807, 2.05) is 47.4 Å². The molecule has 0 bridgehead atoms. The summed E-state index contributed by atoms with van der Waals surface area (Å²) in [5.41, 5.74) is 7.19. The van der Waals surface area contributed by atoms with Crippen molar-refractivity contribution < 1.29 is 4.79 Å². The van der Waals surface area contributed by atoms with Gasteiger partial charge in [-0.3, -0.25) is 4.79 Å². The van der Waals surface area contributed by atoms with Gasteiger partial charge in [-0.25, -0.2) is 0 Å². The molecule has 1 saturated heterocycles. The van der Waals surface area contributed by atoms with Crippen LogP contribution in [0.3, 0.4) is 0 Å². The number of carbonyl (C=O) groups excluding carboxylic acids is 1. The van der Waals surface area contributed by atoms with Crippen molar-refractivity contribution in [2.24, 2.45) is 5.73 Å². The monoisotopic (exact) mass is 311 g/mol. The second-order valence-corrected chi connectivity index (χ2v) is 5.69. The van der Waals surface area contributed by atoms with Crippen molar-refractivity contribution in [3.63, 3.8) is 0 Å². The quantitative estimate of drug-likeness (QED) is 0.899. The Bertz CT molecular complexity index is 626. The van der Waals surface area contributed by atoms with Gasteiger partial charge in [0.05, 0.1) is 6.04 Å². The summed E-state index contributed by atoms with van der Waals surface area (Å²) >= 11 is 0. The third kappa shape index (κ3) is 3.84. The first kappa shape index (κ1) is 15.4. The van der Waals surface area contributed by atoms with E-state index in [1.54, 1.807) is 6.20 Å². The minimum absolute atomic E-state index is 0.0210. The molecule has 0 spiro atoms. The summed E-state index contributed by atoms with van der Waals surface area (Å²) in [6.45, 7) is 2.83. The molecule has 6 heteroatoms. The van der Waals surface area contributed by atoms with E-state index in [4.69, 9.17) is 5.73 Å². The first-order chi connectivity index (χ1) is 11.2. The standard InChI is InChI=1S/C17H21N5O/c18-15(13-14-5-2-1-3-6-14)17(23)22-11-9-21(10-12-22)16-7-4-8-19-20-16/h1-8,15H,9-13,18H2. The van der Waals surface area contributed by atoms with E-state index in [9.17, 15) is 4.79 Å². The number of anilines is 1. The zero-order valence-electron chi connectivity index (χ0n) is 13.0. The second kappa shape index (κ2) is 7.19. The fourth-order valence-corrected chi connectivity index (χ4v) is 2.81. The Hall–Kier alpha value is -2.47. The molecule has 2 N–H and O–H groups in total. The van der Waals surface area contributed by atoms with Crippen LogP contribution in [0.25, 0.3) is 0 Å². The Morgan fingerprint density at radius 2 is 1.83 bits per heavy atom. The topological polar surface area (TPSA) is 75.4 Å². The summed E-state index contributed by atoms with van der Waals surface area (Å²) in [6.07, 6.45) is 2.23. The van der Waals surface area contributed by atoms with Crippen LogP contribution in [0.4, 0.5) is 5.82 Å². The van der Waals surface area contributed by atoms with Gasteiger partial charge in [-0.1, -0.05) is 30.3 Å². The number of amides is 1. The number of nitrogens with zero attached hydrogens (tertiary/aromatic N) is 4. The maximum atomic E-state index is 12.5. The average Bonchev–Trinajstić information content (AvgIpc) is 2.63. The van der Waals surface area contributed by atoms with Crippen LogP contribution >= 0.6 is 0 Å². The van der Waals surface area contributed by atoms with Crippen LogP contribution in [0.1, 0.15) is 5.56 Å². The average molecular weight is 311 g/mol. The van der Waals surface area contributed by atoms with E-state index in [0.29, 0.717) is 19.5 Å². The third-order valence-corrected chi connectivity index (χ3v) is 4.09. The minimum Gasteiger partial charge on any atom is -0.352 e. The van der Waals surface area contributed by atoms with Crippen molar-refractivity contribution in [2.45, 2.75) is 12.5 Å². The Morgan fingerprint density at radius 1 is 1.09 bits per heavy atom. The molecule has 1 aliphatic rings. The smallest absolute Gasteiger partial charge is 0.239 e. The molecule has 6 nitrogen and oxygen atoms in total. The molecular formula is C17H21N5O. The Kier molecular flexibility index (Phi) is 4.83. The number of hydrogen-bond donors (Lipinski definition) is 1. The van der Waals surface area contributed by atoms with Gasteiger partial charge in [0.2, 0.25) is 5.91 Å². The molecule has 1 aliphatic heterocycles. The van der Waals surface area contributed by atoms with Crippen LogP contribution in [0.15, 0.2) is 48.7 Å². The number of carbonyl (C=O) groups is 1.